The van der Waals surface area contributed by atoms with E-state index in [0.717, 1.165) is 58.0 Å². The van der Waals surface area contributed by atoms with Crippen molar-refractivity contribution in [3.63, 3.8) is 0 Å². The molecule has 2 aliphatic carbocycles. The van der Waals surface area contributed by atoms with Crippen molar-refractivity contribution in [3.8, 4) is 0 Å². The van der Waals surface area contributed by atoms with E-state index >= 15 is 0 Å². The van der Waals surface area contributed by atoms with Crippen LogP contribution in [-0.4, -0.2) is 34.1 Å². The van der Waals surface area contributed by atoms with Crippen LogP contribution in [0.5, 0.6) is 0 Å². The van der Waals surface area contributed by atoms with E-state index in [0.29, 0.717) is 5.92 Å². The summed E-state index contributed by atoms with van der Waals surface area (Å²) in [6, 6.07) is 0. The molecule has 0 aromatic rings. The lowest BCUT2D eigenvalue weighted by atomic mass is 9.66. The highest BCUT2D eigenvalue weighted by molar-refractivity contribution is 5.00. The maximum absolute atomic E-state index is 10.8. The summed E-state index contributed by atoms with van der Waals surface area (Å²) in [5.74, 6) is 0.924. The molecule has 1 saturated heterocycles. The highest BCUT2D eigenvalue weighted by atomic mass is 16.5. The van der Waals surface area contributed by atoms with Gasteiger partial charge in [0, 0.05) is 6.61 Å². The molecule has 2 saturated carbocycles. The van der Waals surface area contributed by atoms with Crippen LogP contribution in [0.15, 0.2) is 0 Å². The molecular weight excluding hydrogens is 240 g/mol. The van der Waals surface area contributed by atoms with E-state index in [1.807, 2.05) is 0 Å². The Kier molecular flexibility index (Phi) is 3.65. The Bertz CT molecular complexity index is 316. The number of hydrogen-bond acceptors (Lipinski definition) is 3. The van der Waals surface area contributed by atoms with Gasteiger partial charge in [-0.2, -0.15) is 0 Å². The lowest BCUT2D eigenvalue weighted by Gasteiger charge is -2.50. The van der Waals surface area contributed by atoms with Crippen molar-refractivity contribution in [2.24, 2.45) is 11.8 Å². The molecule has 2 N–H and O–H groups in total. The third-order valence-corrected chi connectivity index (χ3v) is 5.93. The Morgan fingerprint density at radius 2 is 1.79 bits per heavy atom. The van der Waals surface area contributed by atoms with Crippen LogP contribution in [0.25, 0.3) is 0 Å². The molecule has 0 aromatic carbocycles. The van der Waals surface area contributed by atoms with E-state index in [2.05, 4.69) is 6.92 Å². The first-order valence-electron chi connectivity index (χ1n) is 8.07. The third-order valence-electron chi connectivity index (χ3n) is 5.93. The maximum Gasteiger partial charge on any atom is 0.0908 e. The largest absolute Gasteiger partial charge is 0.390 e. The molecule has 0 radical (unpaired) electrons. The molecule has 3 rings (SSSR count). The van der Waals surface area contributed by atoms with Gasteiger partial charge in [0.2, 0.25) is 0 Å². The molecule has 19 heavy (non-hydrogen) atoms. The molecule has 3 aliphatic rings. The zero-order valence-corrected chi connectivity index (χ0v) is 12.1. The van der Waals surface area contributed by atoms with Gasteiger partial charge in [-0.15, -0.1) is 0 Å². The van der Waals surface area contributed by atoms with E-state index in [4.69, 9.17) is 4.74 Å². The van der Waals surface area contributed by atoms with E-state index in [1.54, 1.807) is 0 Å². The molecular formula is C16H28O3. The number of ether oxygens (including phenoxy) is 1. The normalized spacial score (nSPS) is 43.7. The predicted octanol–water partition coefficient (Wildman–Crippen LogP) is 2.64. The highest BCUT2D eigenvalue weighted by Gasteiger charge is 2.49. The Morgan fingerprint density at radius 3 is 2.37 bits per heavy atom. The number of aliphatic hydroxyl groups excluding tert-OH is 1. The van der Waals surface area contributed by atoms with Crippen molar-refractivity contribution in [2.45, 2.75) is 82.0 Å². The Labute approximate surface area is 116 Å². The molecule has 1 heterocycles. The molecule has 110 valence electrons. The van der Waals surface area contributed by atoms with Crippen LogP contribution in [-0.2, 0) is 4.74 Å². The molecule has 0 amide bonds. The molecule has 0 aromatic heterocycles. The standard InChI is InChI=1S/C16H28O3/c1-12-3-8-16(18,9-4-12)14(17)13-5-10-19-15(11-13)6-2-7-15/h12-14,17-18H,2-11H2,1H3. The van der Waals surface area contributed by atoms with Gasteiger partial charge in [-0.25, -0.2) is 0 Å². The van der Waals surface area contributed by atoms with Crippen LogP contribution < -0.4 is 0 Å². The summed E-state index contributed by atoms with van der Waals surface area (Å²) in [5.41, 5.74) is -0.776. The summed E-state index contributed by atoms with van der Waals surface area (Å²) in [7, 11) is 0. The molecule has 1 aliphatic heterocycles. The summed E-state index contributed by atoms with van der Waals surface area (Å²) in [5, 5.41) is 21.5. The minimum Gasteiger partial charge on any atom is -0.390 e. The van der Waals surface area contributed by atoms with Gasteiger partial charge in [-0.1, -0.05) is 6.92 Å². The monoisotopic (exact) mass is 268 g/mol. The molecule has 2 atom stereocenters. The zero-order valence-electron chi connectivity index (χ0n) is 12.1. The SMILES string of the molecule is CC1CCC(O)(C(O)C2CCOC3(CCC3)C2)CC1. The first kappa shape index (κ1) is 13.8. The van der Waals surface area contributed by atoms with Gasteiger partial charge >= 0.3 is 0 Å². The van der Waals surface area contributed by atoms with Crippen molar-refractivity contribution in [1.29, 1.82) is 0 Å². The molecule has 1 spiro atoms. The van der Waals surface area contributed by atoms with Crippen molar-refractivity contribution in [3.05, 3.63) is 0 Å². The number of hydrogen-bond donors (Lipinski definition) is 2. The number of rotatable bonds is 2. The third kappa shape index (κ3) is 2.57. The van der Waals surface area contributed by atoms with Gasteiger partial charge in [0.1, 0.15) is 0 Å². The van der Waals surface area contributed by atoms with Gasteiger partial charge in [-0.05, 0) is 69.6 Å². The highest BCUT2D eigenvalue weighted by Crippen LogP contribution is 2.47. The summed E-state index contributed by atoms with van der Waals surface area (Å²) < 4.78 is 5.93. The molecule has 3 nitrogen and oxygen atoms in total. The Balaban J connectivity index is 1.64. The fourth-order valence-electron chi connectivity index (χ4n) is 4.25. The first-order valence-corrected chi connectivity index (χ1v) is 8.07. The van der Waals surface area contributed by atoms with Gasteiger partial charge in [-0.3, -0.25) is 0 Å². The predicted molar refractivity (Wildman–Crippen MR) is 73.8 cm³/mol. The second-order valence-corrected chi connectivity index (χ2v) is 7.37. The summed E-state index contributed by atoms with van der Waals surface area (Å²) in [4.78, 5) is 0. The van der Waals surface area contributed by atoms with Crippen molar-refractivity contribution in [1.82, 2.24) is 0 Å². The zero-order chi connectivity index (χ0) is 13.5. The quantitative estimate of drug-likeness (QED) is 0.809. The molecule has 2 unspecified atom stereocenters. The average molecular weight is 268 g/mol. The first-order chi connectivity index (χ1) is 9.03. The fourth-order valence-corrected chi connectivity index (χ4v) is 4.25. The van der Waals surface area contributed by atoms with Gasteiger partial charge < -0.3 is 14.9 Å². The molecule has 0 bridgehead atoms. The summed E-state index contributed by atoms with van der Waals surface area (Å²) in [6.45, 7) is 3.00. The van der Waals surface area contributed by atoms with Gasteiger partial charge in [0.15, 0.2) is 0 Å². The van der Waals surface area contributed by atoms with Crippen molar-refractivity contribution >= 4 is 0 Å². The maximum atomic E-state index is 10.8. The topological polar surface area (TPSA) is 49.7 Å². The second-order valence-electron chi connectivity index (χ2n) is 7.37. The van der Waals surface area contributed by atoms with Crippen LogP contribution in [0.2, 0.25) is 0 Å². The van der Waals surface area contributed by atoms with Crippen LogP contribution in [0, 0.1) is 11.8 Å². The minimum atomic E-state index is -0.834. The van der Waals surface area contributed by atoms with E-state index in [1.165, 1.54) is 6.42 Å². The van der Waals surface area contributed by atoms with Crippen LogP contribution in [0.1, 0.15) is 64.7 Å². The van der Waals surface area contributed by atoms with Crippen LogP contribution in [0.4, 0.5) is 0 Å². The van der Waals surface area contributed by atoms with Crippen molar-refractivity contribution in [2.75, 3.05) is 6.61 Å². The van der Waals surface area contributed by atoms with Crippen molar-refractivity contribution < 1.29 is 14.9 Å². The summed E-state index contributed by atoms with van der Waals surface area (Å²) >= 11 is 0. The molecule has 3 heteroatoms. The van der Waals surface area contributed by atoms with E-state index in [-0.39, 0.29) is 11.5 Å². The molecule has 3 fully saturated rings. The fraction of sp³-hybridized carbons (Fsp3) is 1.00. The average Bonchev–Trinajstić information content (AvgIpc) is 2.40. The lowest BCUT2D eigenvalue weighted by molar-refractivity contribution is -0.188. The van der Waals surface area contributed by atoms with Crippen LogP contribution in [0.3, 0.4) is 0 Å². The number of aliphatic hydroxyl groups is 2. The van der Waals surface area contributed by atoms with Crippen LogP contribution >= 0.6 is 0 Å². The summed E-state index contributed by atoms with van der Waals surface area (Å²) in [6.07, 6.45) is 8.46. The lowest BCUT2D eigenvalue weighted by Crippen LogP contribution is -2.54. The Morgan fingerprint density at radius 1 is 1.11 bits per heavy atom. The minimum absolute atomic E-state index is 0.0578. The Hall–Kier alpha value is -0.120. The van der Waals surface area contributed by atoms with E-state index in [9.17, 15) is 10.2 Å². The van der Waals surface area contributed by atoms with E-state index < -0.39 is 11.7 Å². The smallest absolute Gasteiger partial charge is 0.0908 e. The van der Waals surface area contributed by atoms with Gasteiger partial charge in [0.05, 0.1) is 17.3 Å². The second kappa shape index (κ2) is 5.01. The van der Waals surface area contributed by atoms with Gasteiger partial charge in [0.25, 0.3) is 0 Å².